The van der Waals surface area contributed by atoms with Crippen molar-refractivity contribution >= 4 is 16.0 Å². The summed E-state index contributed by atoms with van der Waals surface area (Å²) in [5.74, 6) is -0.899. The van der Waals surface area contributed by atoms with Crippen LogP contribution in [0.3, 0.4) is 0 Å². The molecule has 0 heterocycles. The van der Waals surface area contributed by atoms with Crippen molar-refractivity contribution in [1.82, 2.24) is 5.32 Å². The van der Waals surface area contributed by atoms with Crippen LogP contribution in [0.1, 0.15) is 226 Å². The molecule has 0 aliphatic carbocycles. The highest BCUT2D eigenvalue weighted by Crippen LogP contribution is 2.16. The molecule has 2 atom stereocenters. The van der Waals surface area contributed by atoms with Crippen LogP contribution in [0.2, 0.25) is 0 Å². The highest BCUT2D eigenvalue weighted by atomic mass is 32.2. The van der Waals surface area contributed by atoms with Gasteiger partial charge in [-0.05, 0) is 38.5 Å². The monoisotopic (exact) mass is 700 g/mol. The lowest BCUT2D eigenvalue weighted by atomic mass is 10.0. The number of hydrogen-bond acceptors (Lipinski definition) is 4. The molecule has 2 unspecified atom stereocenters. The van der Waals surface area contributed by atoms with Crippen molar-refractivity contribution in [3.05, 3.63) is 12.2 Å². The quantitative estimate of drug-likeness (QED) is 0.0338. The Balaban J connectivity index is 3.84. The third kappa shape index (κ3) is 36.4. The standard InChI is InChI=1S/C41H81NO5S/c1-3-5-7-9-11-13-15-17-19-20-21-23-24-26-28-30-32-34-36-40(43)39(38-48(45,46)47)42-41(44)37-35-33-31-29-27-25-22-18-16-14-12-10-8-6-4-2/h18,22,39-40,43H,3-17,19-21,23-38H2,1-2H3,(H,42,44)(H,45,46,47)/b22-18-. The van der Waals surface area contributed by atoms with Crippen LogP contribution < -0.4 is 5.32 Å². The topological polar surface area (TPSA) is 104 Å². The van der Waals surface area contributed by atoms with E-state index in [-0.39, 0.29) is 5.91 Å². The zero-order valence-corrected chi connectivity index (χ0v) is 32.7. The SMILES string of the molecule is CCCCCCCC/C=C\CCCCCCCC(=O)NC(CS(=O)(=O)O)C(O)CCCCCCCCCCCCCCCCCCCC. The molecule has 0 aromatic rings. The van der Waals surface area contributed by atoms with Gasteiger partial charge in [0.15, 0.2) is 0 Å². The van der Waals surface area contributed by atoms with Gasteiger partial charge in [-0.3, -0.25) is 9.35 Å². The van der Waals surface area contributed by atoms with E-state index in [0.717, 1.165) is 51.4 Å². The molecule has 0 aliphatic rings. The molecule has 0 saturated heterocycles. The number of carbonyl (C=O) groups is 1. The van der Waals surface area contributed by atoms with Gasteiger partial charge < -0.3 is 10.4 Å². The zero-order chi connectivity index (χ0) is 35.4. The van der Waals surface area contributed by atoms with Gasteiger partial charge in [-0.15, -0.1) is 0 Å². The van der Waals surface area contributed by atoms with Gasteiger partial charge in [0.25, 0.3) is 10.1 Å². The van der Waals surface area contributed by atoms with E-state index >= 15 is 0 Å². The Morgan fingerprint density at radius 2 is 0.875 bits per heavy atom. The molecule has 0 rings (SSSR count). The van der Waals surface area contributed by atoms with Crippen molar-refractivity contribution < 1.29 is 22.9 Å². The number of amides is 1. The fourth-order valence-corrected chi connectivity index (χ4v) is 7.33. The molecular formula is C41H81NO5S. The van der Waals surface area contributed by atoms with E-state index in [2.05, 4.69) is 31.3 Å². The minimum Gasteiger partial charge on any atom is -0.391 e. The van der Waals surface area contributed by atoms with E-state index in [4.69, 9.17) is 0 Å². The van der Waals surface area contributed by atoms with Crippen LogP contribution in [0.4, 0.5) is 0 Å². The van der Waals surface area contributed by atoms with Crippen LogP contribution in [0.25, 0.3) is 0 Å². The van der Waals surface area contributed by atoms with Gasteiger partial charge in [-0.2, -0.15) is 8.42 Å². The number of nitrogens with one attached hydrogen (secondary N) is 1. The number of allylic oxidation sites excluding steroid dienone is 2. The molecule has 0 saturated carbocycles. The van der Waals surface area contributed by atoms with Gasteiger partial charge in [0.2, 0.25) is 5.91 Å². The van der Waals surface area contributed by atoms with Crippen molar-refractivity contribution in [3.8, 4) is 0 Å². The summed E-state index contributed by atoms with van der Waals surface area (Å²) < 4.78 is 32.5. The Morgan fingerprint density at radius 1 is 0.542 bits per heavy atom. The molecule has 0 fully saturated rings. The highest BCUT2D eigenvalue weighted by Gasteiger charge is 2.26. The Morgan fingerprint density at radius 3 is 1.25 bits per heavy atom. The summed E-state index contributed by atoms with van der Waals surface area (Å²) in [4.78, 5) is 12.5. The van der Waals surface area contributed by atoms with E-state index in [1.807, 2.05) is 0 Å². The fourth-order valence-electron chi connectivity index (χ4n) is 6.57. The Kier molecular flexibility index (Phi) is 35.2. The number of rotatable bonds is 38. The molecule has 3 N–H and O–H groups in total. The number of unbranched alkanes of at least 4 members (excludes halogenated alkanes) is 28. The lowest BCUT2D eigenvalue weighted by Crippen LogP contribution is -2.47. The molecule has 6 nitrogen and oxygen atoms in total. The first kappa shape index (κ1) is 47.1. The van der Waals surface area contributed by atoms with Crippen molar-refractivity contribution in [1.29, 1.82) is 0 Å². The predicted octanol–water partition coefficient (Wildman–Crippen LogP) is 12.2. The van der Waals surface area contributed by atoms with E-state index in [0.29, 0.717) is 12.8 Å². The molecule has 7 heteroatoms. The number of aliphatic hydroxyl groups excluding tert-OH is 1. The second-order valence-corrected chi connectivity index (χ2v) is 16.1. The lowest BCUT2D eigenvalue weighted by Gasteiger charge is -2.23. The summed E-state index contributed by atoms with van der Waals surface area (Å²) in [6, 6.07) is -0.971. The smallest absolute Gasteiger partial charge is 0.266 e. The van der Waals surface area contributed by atoms with Crippen LogP contribution in [0.15, 0.2) is 12.2 Å². The first-order valence-electron chi connectivity index (χ1n) is 20.9. The number of aliphatic hydroxyl groups is 1. The first-order valence-corrected chi connectivity index (χ1v) is 22.5. The van der Waals surface area contributed by atoms with Crippen molar-refractivity contribution in [2.24, 2.45) is 0 Å². The predicted molar refractivity (Wildman–Crippen MR) is 207 cm³/mol. The summed E-state index contributed by atoms with van der Waals surface area (Å²) in [6.45, 7) is 4.52. The normalized spacial score (nSPS) is 13.3. The maximum Gasteiger partial charge on any atom is 0.266 e. The van der Waals surface area contributed by atoms with Gasteiger partial charge in [-0.1, -0.05) is 193 Å². The average Bonchev–Trinajstić information content (AvgIpc) is 3.05. The third-order valence-electron chi connectivity index (χ3n) is 9.72. The first-order chi connectivity index (χ1) is 23.3. The minimum absolute atomic E-state index is 0.252. The maximum absolute atomic E-state index is 12.5. The average molecular weight is 700 g/mol. The molecule has 0 radical (unpaired) electrons. The van der Waals surface area contributed by atoms with Gasteiger partial charge in [0.05, 0.1) is 17.9 Å². The summed E-state index contributed by atoms with van der Waals surface area (Å²) >= 11 is 0. The molecule has 0 spiro atoms. The Hall–Kier alpha value is -0.920. The molecule has 286 valence electrons. The van der Waals surface area contributed by atoms with Crippen LogP contribution in [-0.2, 0) is 14.9 Å². The molecular weight excluding hydrogens is 619 g/mol. The summed E-state index contributed by atoms with van der Waals surface area (Å²) in [6.07, 6.45) is 43.0. The fraction of sp³-hybridized carbons (Fsp3) is 0.927. The molecule has 48 heavy (non-hydrogen) atoms. The number of carbonyl (C=O) groups excluding carboxylic acids is 1. The van der Waals surface area contributed by atoms with Crippen LogP contribution >= 0.6 is 0 Å². The van der Waals surface area contributed by atoms with Crippen molar-refractivity contribution in [2.45, 2.75) is 238 Å². The lowest BCUT2D eigenvalue weighted by molar-refractivity contribution is -0.122. The summed E-state index contributed by atoms with van der Waals surface area (Å²) in [5, 5.41) is 13.4. The summed E-state index contributed by atoms with van der Waals surface area (Å²) in [5.41, 5.74) is 0. The molecule has 0 aromatic carbocycles. The van der Waals surface area contributed by atoms with Crippen LogP contribution in [-0.4, -0.2) is 41.9 Å². The van der Waals surface area contributed by atoms with E-state index < -0.39 is 28.0 Å². The van der Waals surface area contributed by atoms with Crippen LogP contribution in [0.5, 0.6) is 0 Å². The zero-order valence-electron chi connectivity index (χ0n) is 31.9. The molecule has 1 amide bonds. The highest BCUT2D eigenvalue weighted by molar-refractivity contribution is 7.85. The van der Waals surface area contributed by atoms with E-state index in [9.17, 15) is 22.9 Å². The summed E-state index contributed by atoms with van der Waals surface area (Å²) in [7, 11) is -4.31. The van der Waals surface area contributed by atoms with Crippen molar-refractivity contribution in [3.63, 3.8) is 0 Å². The van der Waals surface area contributed by atoms with E-state index in [1.165, 1.54) is 148 Å². The van der Waals surface area contributed by atoms with Crippen LogP contribution in [0, 0.1) is 0 Å². The second-order valence-electron chi connectivity index (χ2n) is 14.6. The maximum atomic E-state index is 12.5. The molecule has 0 bridgehead atoms. The third-order valence-corrected chi connectivity index (χ3v) is 10.5. The Labute approximate surface area is 299 Å². The largest absolute Gasteiger partial charge is 0.391 e. The molecule has 0 aliphatic heterocycles. The number of hydrogen-bond donors (Lipinski definition) is 3. The second kappa shape index (κ2) is 35.9. The minimum atomic E-state index is -4.31. The van der Waals surface area contributed by atoms with Crippen molar-refractivity contribution in [2.75, 3.05) is 5.75 Å². The van der Waals surface area contributed by atoms with E-state index in [1.54, 1.807) is 0 Å². The van der Waals surface area contributed by atoms with Gasteiger partial charge in [0.1, 0.15) is 0 Å². The van der Waals surface area contributed by atoms with Gasteiger partial charge in [-0.25, -0.2) is 0 Å². The van der Waals surface area contributed by atoms with Gasteiger partial charge in [0, 0.05) is 6.42 Å². The molecule has 0 aromatic heterocycles. The van der Waals surface area contributed by atoms with Gasteiger partial charge >= 0.3 is 0 Å². The Bertz CT molecular complexity index is 816.